The van der Waals surface area contributed by atoms with Gasteiger partial charge in [-0.25, -0.2) is 4.98 Å². The van der Waals surface area contributed by atoms with Gasteiger partial charge in [0.15, 0.2) is 5.78 Å². The fourth-order valence-corrected chi connectivity index (χ4v) is 3.10. The van der Waals surface area contributed by atoms with Gasteiger partial charge < -0.3 is 16.4 Å². The van der Waals surface area contributed by atoms with Crippen LogP contribution in [0, 0.1) is 5.92 Å². The van der Waals surface area contributed by atoms with Crippen LogP contribution in [0.25, 0.3) is 10.9 Å². The van der Waals surface area contributed by atoms with Crippen LogP contribution in [0.3, 0.4) is 0 Å². The number of rotatable bonds is 9. The van der Waals surface area contributed by atoms with Gasteiger partial charge in [0.1, 0.15) is 5.82 Å². The molecule has 1 atom stereocenters. The van der Waals surface area contributed by atoms with Gasteiger partial charge in [-0.2, -0.15) is 4.98 Å². The van der Waals surface area contributed by atoms with Gasteiger partial charge in [-0.05, 0) is 25.5 Å². The molecule has 28 heavy (non-hydrogen) atoms. The number of hydrogen-bond acceptors (Lipinski definition) is 6. The van der Waals surface area contributed by atoms with E-state index < -0.39 is 0 Å². The van der Waals surface area contributed by atoms with Crippen LogP contribution in [0.15, 0.2) is 18.2 Å². The van der Waals surface area contributed by atoms with Crippen molar-refractivity contribution >= 4 is 34.4 Å². The lowest BCUT2D eigenvalue weighted by Gasteiger charge is -2.32. The smallest absolute Gasteiger partial charge is 0.222 e. The fourth-order valence-electron chi connectivity index (χ4n) is 3.10. The summed E-state index contributed by atoms with van der Waals surface area (Å²) < 4.78 is 0. The lowest BCUT2D eigenvalue weighted by molar-refractivity contribution is -0.119. The second-order valence-electron chi connectivity index (χ2n) is 7.88. The van der Waals surface area contributed by atoms with E-state index in [0.717, 1.165) is 24.6 Å². The van der Waals surface area contributed by atoms with Crippen molar-refractivity contribution in [1.82, 2.24) is 15.3 Å². The first kappa shape index (κ1) is 21.6. The van der Waals surface area contributed by atoms with Gasteiger partial charge in [-0.3, -0.25) is 9.59 Å². The fraction of sp³-hybridized carbons (Fsp3) is 0.524. The number of hydrogen-bond donors (Lipinski definition) is 3. The Morgan fingerprint density at radius 1 is 1.25 bits per heavy atom. The average Bonchev–Trinajstić information content (AvgIpc) is 2.63. The minimum Gasteiger partial charge on any atom is -0.368 e. The summed E-state index contributed by atoms with van der Waals surface area (Å²) in [6.07, 6.45) is 2.92. The molecule has 0 bridgehead atoms. The van der Waals surface area contributed by atoms with E-state index in [1.54, 1.807) is 12.1 Å². The van der Waals surface area contributed by atoms with E-state index >= 15 is 0 Å². The third kappa shape index (κ3) is 5.41. The Labute approximate surface area is 166 Å². The highest BCUT2D eigenvalue weighted by molar-refractivity contribution is 6.02. The highest BCUT2D eigenvalue weighted by Crippen LogP contribution is 2.27. The van der Waals surface area contributed by atoms with E-state index in [-0.39, 0.29) is 29.1 Å². The number of nitrogen functional groups attached to an aromatic ring is 1. The zero-order chi connectivity index (χ0) is 20.9. The maximum absolute atomic E-state index is 12.3. The molecule has 0 unspecified atom stereocenters. The highest BCUT2D eigenvalue weighted by atomic mass is 16.1. The van der Waals surface area contributed by atoms with Crippen LogP contribution in [-0.2, 0) is 4.79 Å². The molecule has 0 aliphatic rings. The number of ketones is 1. The van der Waals surface area contributed by atoms with E-state index in [9.17, 15) is 9.59 Å². The quantitative estimate of drug-likeness (QED) is 0.570. The SMILES string of the molecule is CCCC[C@](C)(CNC(C)=O)Nc1nc(N)nc2cc(C(=O)C(C)C)ccc12. The average molecular weight is 386 g/mol. The minimum absolute atomic E-state index is 0.0621. The van der Waals surface area contributed by atoms with Gasteiger partial charge in [-0.1, -0.05) is 39.7 Å². The molecule has 1 amide bonds. The van der Waals surface area contributed by atoms with Crippen molar-refractivity contribution in [3.63, 3.8) is 0 Å². The second kappa shape index (κ2) is 8.99. The van der Waals surface area contributed by atoms with Crippen LogP contribution in [0.5, 0.6) is 0 Å². The Hall–Kier alpha value is -2.70. The van der Waals surface area contributed by atoms with Gasteiger partial charge in [0, 0.05) is 30.3 Å². The molecule has 0 aliphatic heterocycles. The van der Waals surface area contributed by atoms with E-state index in [4.69, 9.17) is 5.73 Å². The molecule has 0 saturated carbocycles. The van der Waals surface area contributed by atoms with Crippen LogP contribution < -0.4 is 16.4 Å². The van der Waals surface area contributed by atoms with Crippen molar-refractivity contribution in [2.24, 2.45) is 5.92 Å². The first-order valence-corrected chi connectivity index (χ1v) is 9.79. The second-order valence-corrected chi connectivity index (χ2v) is 7.88. The molecule has 7 nitrogen and oxygen atoms in total. The van der Waals surface area contributed by atoms with Crippen LogP contribution in [0.1, 0.15) is 64.2 Å². The molecule has 0 aliphatic carbocycles. The monoisotopic (exact) mass is 385 g/mol. The number of aromatic nitrogens is 2. The molecule has 2 rings (SSSR count). The third-order valence-corrected chi connectivity index (χ3v) is 4.75. The molecule has 0 radical (unpaired) electrons. The van der Waals surface area contributed by atoms with Crippen LogP contribution in [0.2, 0.25) is 0 Å². The Balaban J connectivity index is 2.43. The number of amides is 1. The Bertz CT molecular complexity index is 865. The van der Waals surface area contributed by atoms with Crippen molar-refractivity contribution in [1.29, 1.82) is 0 Å². The summed E-state index contributed by atoms with van der Waals surface area (Å²) in [7, 11) is 0. The number of nitrogens with zero attached hydrogens (tertiary/aromatic N) is 2. The summed E-state index contributed by atoms with van der Waals surface area (Å²) in [5.41, 5.74) is 6.78. The summed E-state index contributed by atoms with van der Waals surface area (Å²) in [5, 5.41) is 7.16. The number of benzene rings is 1. The Morgan fingerprint density at radius 2 is 1.96 bits per heavy atom. The van der Waals surface area contributed by atoms with Crippen molar-refractivity contribution < 1.29 is 9.59 Å². The summed E-state index contributed by atoms with van der Waals surface area (Å²) >= 11 is 0. The van der Waals surface area contributed by atoms with Gasteiger partial charge in [-0.15, -0.1) is 0 Å². The number of anilines is 2. The summed E-state index contributed by atoms with van der Waals surface area (Å²) in [6.45, 7) is 9.90. The normalized spacial score (nSPS) is 13.4. The molecule has 0 saturated heterocycles. The van der Waals surface area contributed by atoms with Gasteiger partial charge in [0.25, 0.3) is 0 Å². The zero-order valence-electron chi connectivity index (χ0n) is 17.4. The van der Waals surface area contributed by atoms with E-state index in [0.29, 0.717) is 23.4 Å². The first-order chi connectivity index (χ1) is 13.1. The number of carbonyl (C=O) groups excluding carboxylic acids is 2. The number of nitrogens with two attached hydrogens (primary N) is 1. The Kier molecular flexibility index (Phi) is 6.94. The molecular weight excluding hydrogens is 354 g/mol. The maximum Gasteiger partial charge on any atom is 0.222 e. The van der Waals surface area contributed by atoms with E-state index in [1.165, 1.54) is 6.92 Å². The Morgan fingerprint density at radius 3 is 2.57 bits per heavy atom. The van der Waals surface area contributed by atoms with Crippen LogP contribution in [-0.4, -0.2) is 33.7 Å². The molecule has 4 N–H and O–H groups in total. The first-order valence-electron chi connectivity index (χ1n) is 9.79. The molecule has 0 fully saturated rings. The lowest BCUT2D eigenvalue weighted by atomic mass is 9.94. The maximum atomic E-state index is 12.3. The summed E-state index contributed by atoms with van der Waals surface area (Å²) in [6, 6.07) is 5.41. The van der Waals surface area contributed by atoms with Crippen molar-refractivity contribution in [3.8, 4) is 0 Å². The van der Waals surface area contributed by atoms with Gasteiger partial charge in [0.05, 0.1) is 11.1 Å². The number of fused-ring (bicyclic) bond motifs is 1. The van der Waals surface area contributed by atoms with Crippen molar-refractivity contribution in [2.45, 2.75) is 59.4 Å². The molecule has 152 valence electrons. The molecule has 1 aromatic carbocycles. The van der Waals surface area contributed by atoms with Gasteiger partial charge in [0.2, 0.25) is 11.9 Å². The van der Waals surface area contributed by atoms with Crippen LogP contribution >= 0.6 is 0 Å². The van der Waals surface area contributed by atoms with Gasteiger partial charge >= 0.3 is 0 Å². The molecule has 0 spiro atoms. The molecule has 1 heterocycles. The molecule has 2 aromatic rings. The number of unbranched alkanes of at least 4 members (excludes halogenated alkanes) is 1. The largest absolute Gasteiger partial charge is 0.368 e. The topological polar surface area (TPSA) is 110 Å². The number of nitrogens with one attached hydrogen (secondary N) is 2. The highest BCUT2D eigenvalue weighted by Gasteiger charge is 2.26. The minimum atomic E-state index is -0.387. The zero-order valence-corrected chi connectivity index (χ0v) is 17.4. The predicted molar refractivity (Wildman–Crippen MR) is 113 cm³/mol. The molecule has 7 heteroatoms. The number of Topliss-reactive ketones (excluding diaryl/α,β-unsaturated/α-hetero) is 1. The third-order valence-electron chi connectivity index (χ3n) is 4.75. The standard InChI is InChI=1S/C21H31N5O2/c1-6-7-10-21(5,12-23-14(4)27)26-19-16-9-8-15(18(28)13(2)3)11-17(16)24-20(22)25-19/h8-9,11,13H,6-7,10,12H2,1-5H3,(H,23,27)(H3,22,24,25,26)/t21-/m1/s1. The summed E-state index contributed by atoms with van der Waals surface area (Å²) in [4.78, 5) is 32.4. The van der Waals surface area contributed by atoms with Crippen molar-refractivity contribution in [3.05, 3.63) is 23.8 Å². The van der Waals surface area contributed by atoms with E-state index in [1.807, 2.05) is 19.9 Å². The lowest BCUT2D eigenvalue weighted by Crippen LogP contribution is -2.46. The van der Waals surface area contributed by atoms with Crippen molar-refractivity contribution in [2.75, 3.05) is 17.6 Å². The molecular formula is C21H31N5O2. The van der Waals surface area contributed by atoms with E-state index in [2.05, 4.69) is 34.4 Å². The predicted octanol–water partition coefficient (Wildman–Crippen LogP) is 3.55. The summed E-state index contributed by atoms with van der Waals surface area (Å²) in [5.74, 6) is 0.640. The van der Waals surface area contributed by atoms with Crippen LogP contribution in [0.4, 0.5) is 11.8 Å². The number of carbonyl (C=O) groups is 2. The molecule has 1 aromatic heterocycles.